The van der Waals surface area contributed by atoms with Gasteiger partial charge in [-0.3, -0.25) is 19.8 Å². The second-order valence-electron chi connectivity index (χ2n) is 7.38. The first kappa shape index (κ1) is 26.5. The third-order valence-corrected chi connectivity index (χ3v) is 7.02. The van der Waals surface area contributed by atoms with Crippen LogP contribution in [0, 0.1) is 16.0 Å². The molecule has 1 unspecified atom stereocenters. The Morgan fingerprint density at radius 3 is 2.44 bits per heavy atom. The van der Waals surface area contributed by atoms with Gasteiger partial charge in [0.2, 0.25) is 5.91 Å². The number of nitro benzene ring substituents is 1. The molecule has 2 aliphatic heterocycles. The number of non-ortho nitro benzene ring substituents is 1. The third kappa shape index (κ3) is 5.09. The maximum Gasteiger partial charge on any atom is 0.508 e. The van der Waals surface area contributed by atoms with Crippen LogP contribution < -0.4 is 0 Å². The van der Waals surface area contributed by atoms with Crippen LogP contribution in [-0.2, 0) is 50.8 Å². The van der Waals surface area contributed by atoms with Crippen molar-refractivity contribution >= 4 is 49.7 Å². The molecule has 0 saturated carbocycles. The van der Waals surface area contributed by atoms with E-state index in [2.05, 4.69) is 8.97 Å². The number of hydrogen-bond donors (Lipinski definition) is 1. The lowest BCUT2D eigenvalue weighted by molar-refractivity contribution is -0.384. The van der Waals surface area contributed by atoms with E-state index in [4.69, 9.17) is 9.47 Å². The molecule has 16 nitrogen and oxygen atoms in total. The number of ether oxygens (including phenoxy) is 2. The van der Waals surface area contributed by atoms with E-state index in [0.717, 1.165) is 0 Å². The number of carbonyl (C=O) groups excluding carboxylic acids is 2. The van der Waals surface area contributed by atoms with Crippen molar-refractivity contribution in [2.75, 3.05) is 6.26 Å². The second kappa shape index (κ2) is 9.84. The van der Waals surface area contributed by atoms with Crippen LogP contribution in [0.1, 0.15) is 12.5 Å². The minimum atomic E-state index is -4.38. The van der Waals surface area contributed by atoms with E-state index in [1.165, 1.54) is 31.2 Å². The first-order valence-corrected chi connectivity index (χ1v) is 12.7. The fourth-order valence-corrected chi connectivity index (χ4v) is 5.58. The molecule has 2 heterocycles. The molecule has 2 aliphatic rings. The zero-order valence-corrected chi connectivity index (χ0v) is 19.9. The number of β-lactam (4-membered cyclic amide) rings is 1. The minimum absolute atomic E-state index is 0.172. The normalized spacial score (nSPS) is 22.1. The molecule has 1 aromatic rings. The lowest BCUT2D eigenvalue weighted by Crippen LogP contribution is -2.69. The number of nitrogens with zero attached hydrogens (tertiary/aromatic N) is 4. The SMILES string of the molecule is CC(OC(=O)OCc1ccc([N+](=O)[O-])cc1)[C@H]1C(=O)N2C(C(=O)O)=C(OS(C)(=O)=O)C(=[N+]=[N-])[S@](=O)[C@@H]12. The molecule has 1 saturated heterocycles. The van der Waals surface area contributed by atoms with Crippen molar-refractivity contribution in [2.45, 2.75) is 25.0 Å². The van der Waals surface area contributed by atoms with Crippen molar-refractivity contribution in [3.05, 3.63) is 56.9 Å². The average Bonchev–Trinajstić information content (AvgIpc) is 2.77. The topological polar surface area (TPSA) is 233 Å². The third-order valence-electron chi connectivity index (χ3n) is 4.96. The van der Waals surface area contributed by atoms with Crippen molar-refractivity contribution in [1.82, 2.24) is 4.90 Å². The summed E-state index contributed by atoms with van der Waals surface area (Å²) in [6.07, 6.45) is -2.00. The van der Waals surface area contributed by atoms with Gasteiger partial charge in [-0.2, -0.15) is 13.2 Å². The van der Waals surface area contributed by atoms with E-state index >= 15 is 0 Å². The fraction of sp³-hybridized carbons (Fsp3) is 0.333. The van der Waals surface area contributed by atoms with Crippen molar-refractivity contribution in [3.8, 4) is 0 Å². The van der Waals surface area contributed by atoms with Crippen LogP contribution in [0.3, 0.4) is 0 Å². The molecular weight excluding hydrogens is 528 g/mol. The monoisotopic (exact) mass is 544 g/mol. The molecule has 0 spiro atoms. The van der Waals surface area contributed by atoms with Crippen LogP contribution >= 0.6 is 0 Å². The predicted octanol–water partition coefficient (Wildman–Crippen LogP) is 0.0840. The highest BCUT2D eigenvalue weighted by atomic mass is 32.2. The van der Waals surface area contributed by atoms with Gasteiger partial charge in [0.15, 0.2) is 16.5 Å². The van der Waals surface area contributed by atoms with Gasteiger partial charge in [0.1, 0.15) is 24.0 Å². The molecule has 192 valence electrons. The summed E-state index contributed by atoms with van der Waals surface area (Å²) in [6, 6.07) is 5.09. The van der Waals surface area contributed by atoms with Crippen LogP contribution in [0.5, 0.6) is 0 Å². The zero-order valence-electron chi connectivity index (χ0n) is 18.3. The van der Waals surface area contributed by atoms with Gasteiger partial charge < -0.3 is 24.3 Å². The highest BCUT2D eigenvalue weighted by Crippen LogP contribution is 2.42. The molecule has 3 rings (SSSR count). The van der Waals surface area contributed by atoms with Crippen molar-refractivity contribution in [1.29, 1.82) is 0 Å². The molecule has 36 heavy (non-hydrogen) atoms. The molecular formula is C18H16N4O12S2. The van der Waals surface area contributed by atoms with Gasteiger partial charge in [-0.25, -0.2) is 13.8 Å². The summed E-state index contributed by atoms with van der Waals surface area (Å²) in [5.74, 6) is -5.28. The Balaban J connectivity index is 1.76. The quantitative estimate of drug-likeness (QED) is 0.0871. The van der Waals surface area contributed by atoms with Gasteiger partial charge in [0, 0.05) is 12.1 Å². The van der Waals surface area contributed by atoms with E-state index < -0.39 is 77.8 Å². The minimum Gasteiger partial charge on any atom is -0.476 e. The predicted molar refractivity (Wildman–Crippen MR) is 115 cm³/mol. The van der Waals surface area contributed by atoms with Crippen LogP contribution in [0.15, 0.2) is 35.7 Å². The molecule has 1 N–H and O–H groups in total. The van der Waals surface area contributed by atoms with Gasteiger partial charge in [0.25, 0.3) is 11.4 Å². The summed E-state index contributed by atoms with van der Waals surface area (Å²) < 4.78 is 50.5. The molecule has 0 aliphatic carbocycles. The highest BCUT2D eigenvalue weighted by molar-refractivity contribution is 8.01. The number of benzene rings is 1. The van der Waals surface area contributed by atoms with Crippen LogP contribution in [0.4, 0.5) is 10.5 Å². The number of nitro groups is 1. The molecule has 0 bridgehead atoms. The van der Waals surface area contributed by atoms with Crippen molar-refractivity contribution < 1.29 is 55.5 Å². The number of hydrogen-bond acceptors (Lipinski definition) is 11. The number of rotatable bonds is 8. The summed E-state index contributed by atoms with van der Waals surface area (Å²) in [6.45, 7) is 0.912. The van der Waals surface area contributed by atoms with E-state index in [0.29, 0.717) is 16.7 Å². The van der Waals surface area contributed by atoms with Crippen LogP contribution in [-0.4, -0.2) is 73.2 Å². The van der Waals surface area contributed by atoms with E-state index in [1.807, 2.05) is 0 Å². The van der Waals surface area contributed by atoms with E-state index in [-0.39, 0.29) is 12.3 Å². The van der Waals surface area contributed by atoms with Gasteiger partial charge in [-0.1, -0.05) is 0 Å². The van der Waals surface area contributed by atoms with Gasteiger partial charge in [-0.05, 0) is 24.6 Å². The lowest BCUT2D eigenvalue weighted by Gasteiger charge is -2.48. The highest BCUT2D eigenvalue weighted by Gasteiger charge is 2.64. The summed E-state index contributed by atoms with van der Waals surface area (Å²) in [5.41, 5.74) is 8.46. The number of carbonyl (C=O) groups is 3. The molecule has 1 aromatic carbocycles. The summed E-state index contributed by atoms with van der Waals surface area (Å²) in [4.78, 5) is 49.9. The Morgan fingerprint density at radius 1 is 1.33 bits per heavy atom. The molecule has 0 radical (unpaired) electrons. The van der Waals surface area contributed by atoms with Gasteiger partial charge >= 0.3 is 27.3 Å². The summed E-state index contributed by atoms with van der Waals surface area (Å²) in [5, 5.41) is 17.8. The number of amides is 1. The largest absolute Gasteiger partial charge is 0.508 e. The van der Waals surface area contributed by atoms with Crippen molar-refractivity contribution in [3.63, 3.8) is 0 Å². The lowest BCUT2D eigenvalue weighted by atomic mass is 9.91. The smallest absolute Gasteiger partial charge is 0.476 e. The maximum absolute atomic E-state index is 12.9. The Morgan fingerprint density at radius 2 is 1.94 bits per heavy atom. The molecule has 1 fully saturated rings. The molecule has 18 heteroatoms. The Bertz CT molecular complexity index is 1360. The number of aliphatic carboxylic acids is 1. The van der Waals surface area contributed by atoms with Gasteiger partial charge in [-0.15, -0.1) is 0 Å². The first-order chi connectivity index (χ1) is 16.8. The number of carboxylic acids is 1. The molecule has 0 aromatic heterocycles. The average molecular weight is 544 g/mol. The second-order valence-corrected chi connectivity index (χ2v) is 10.4. The van der Waals surface area contributed by atoms with Crippen molar-refractivity contribution in [2.24, 2.45) is 5.92 Å². The standard InChI is InChI=1S/C18H16N4O12S2/c1-8(33-18(26)32-7-9-3-5-10(6-4-9)22(27)28)11-15(23)21-12(17(24)25)13(34-36(2,30)31)14(20-19)35(29)16(11)21/h3-6,8,11,16H,7H2,1-2H3,(H,24,25)/t8?,11-,16-,35-/m0/s1. The molecule has 4 atom stereocenters. The zero-order chi connectivity index (χ0) is 26.9. The maximum atomic E-state index is 12.9. The van der Waals surface area contributed by atoms with Gasteiger partial charge in [0.05, 0.1) is 11.2 Å². The first-order valence-electron chi connectivity index (χ1n) is 9.66. The van der Waals surface area contributed by atoms with Crippen LogP contribution in [0.2, 0.25) is 0 Å². The number of fused-ring (bicyclic) bond motifs is 1. The van der Waals surface area contributed by atoms with E-state index in [1.54, 1.807) is 0 Å². The Kier molecular flexibility index (Phi) is 7.23. The number of carboxylic acid groups (broad SMARTS) is 1. The summed E-state index contributed by atoms with van der Waals surface area (Å²) >= 11 is 0. The Hall–Kier alpha value is -4.15. The van der Waals surface area contributed by atoms with E-state index in [9.17, 15) is 47.8 Å². The Labute approximate surface area is 204 Å². The van der Waals surface area contributed by atoms with Crippen LogP contribution in [0.25, 0.3) is 5.53 Å². The molecule has 1 amide bonds. The fourth-order valence-electron chi connectivity index (χ4n) is 3.43. The summed E-state index contributed by atoms with van der Waals surface area (Å²) in [7, 11) is -6.86.